The molecule has 0 unspecified atom stereocenters. The minimum atomic E-state index is -0.227. The van der Waals surface area contributed by atoms with Crippen LogP contribution in [0.1, 0.15) is 21.6 Å². The van der Waals surface area contributed by atoms with Crippen molar-refractivity contribution in [2.45, 2.75) is 13.5 Å². The second-order valence-corrected chi connectivity index (χ2v) is 7.18. The molecule has 0 spiro atoms. The Balaban J connectivity index is 1.42. The molecule has 6 nitrogen and oxygen atoms in total. The number of ether oxygens (including phenoxy) is 1. The maximum Gasteiger partial charge on any atom is 0.258 e. The molecule has 2 heterocycles. The van der Waals surface area contributed by atoms with E-state index in [1.807, 2.05) is 25.1 Å². The molecule has 2 aromatic heterocycles. The van der Waals surface area contributed by atoms with E-state index in [0.717, 1.165) is 5.56 Å². The first-order valence-corrected chi connectivity index (χ1v) is 9.65. The van der Waals surface area contributed by atoms with Crippen molar-refractivity contribution in [1.29, 1.82) is 0 Å². The van der Waals surface area contributed by atoms with Crippen LogP contribution in [0, 0.1) is 6.92 Å². The van der Waals surface area contributed by atoms with Gasteiger partial charge in [-0.25, -0.2) is 4.98 Å². The van der Waals surface area contributed by atoms with E-state index in [1.54, 1.807) is 42.5 Å². The number of pyridine rings is 1. The van der Waals surface area contributed by atoms with Crippen LogP contribution in [0.15, 0.2) is 77.7 Å². The Morgan fingerprint density at radius 3 is 2.63 bits per heavy atom. The summed E-state index contributed by atoms with van der Waals surface area (Å²) >= 11 is 5.92. The Labute approximate surface area is 177 Å². The van der Waals surface area contributed by atoms with Crippen LogP contribution in [0.4, 0.5) is 5.69 Å². The van der Waals surface area contributed by atoms with E-state index in [2.05, 4.69) is 10.3 Å². The molecular weight excluding hydrogens is 402 g/mol. The van der Waals surface area contributed by atoms with E-state index >= 15 is 0 Å². The molecule has 0 radical (unpaired) electrons. The second-order valence-electron chi connectivity index (χ2n) is 6.74. The summed E-state index contributed by atoms with van der Waals surface area (Å²) in [6, 6.07) is 19.2. The summed E-state index contributed by atoms with van der Waals surface area (Å²) in [4.78, 5) is 29.0. The molecule has 1 amide bonds. The number of anilines is 1. The van der Waals surface area contributed by atoms with E-state index in [1.165, 1.54) is 16.7 Å². The number of amides is 1. The summed E-state index contributed by atoms with van der Waals surface area (Å²) in [7, 11) is 0. The third-order valence-electron chi connectivity index (χ3n) is 4.57. The zero-order valence-electron chi connectivity index (χ0n) is 16.1. The SMILES string of the molecule is Cc1ccccc1C(=O)Nc1ccc(OCc2cc(=O)n3cc(Cl)ccc3n2)cc1. The van der Waals surface area contributed by atoms with E-state index in [-0.39, 0.29) is 18.1 Å². The largest absolute Gasteiger partial charge is 0.487 e. The third-order valence-corrected chi connectivity index (χ3v) is 4.79. The Kier molecular flexibility index (Phi) is 5.50. The van der Waals surface area contributed by atoms with Gasteiger partial charge in [0, 0.05) is 23.5 Å². The average molecular weight is 420 g/mol. The molecule has 0 aliphatic heterocycles. The zero-order chi connectivity index (χ0) is 21.1. The van der Waals surface area contributed by atoms with Gasteiger partial charge in [-0.05, 0) is 55.0 Å². The van der Waals surface area contributed by atoms with Crippen LogP contribution >= 0.6 is 11.6 Å². The number of carbonyl (C=O) groups is 1. The van der Waals surface area contributed by atoms with Gasteiger partial charge in [-0.3, -0.25) is 14.0 Å². The van der Waals surface area contributed by atoms with E-state index in [9.17, 15) is 9.59 Å². The van der Waals surface area contributed by atoms with Gasteiger partial charge in [-0.15, -0.1) is 0 Å². The molecule has 30 heavy (non-hydrogen) atoms. The summed E-state index contributed by atoms with van der Waals surface area (Å²) in [5.41, 5.74) is 2.99. The Morgan fingerprint density at radius 2 is 1.87 bits per heavy atom. The number of rotatable bonds is 5. The molecule has 0 atom stereocenters. The molecule has 0 aliphatic carbocycles. The topological polar surface area (TPSA) is 72.7 Å². The van der Waals surface area contributed by atoms with Crippen LogP contribution in [-0.2, 0) is 6.61 Å². The van der Waals surface area contributed by atoms with Crippen molar-refractivity contribution in [2.24, 2.45) is 0 Å². The second kappa shape index (κ2) is 8.39. The summed E-state index contributed by atoms with van der Waals surface area (Å²) in [5, 5.41) is 3.33. The van der Waals surface area contributed by atoms with Crippen molar-refractivity contribution in [3.8, 4) is 5.75 Å². The monoisotopic (exact) mass is 419 g/mol. The number of aromatic nitrogens is 2. The lowest BCUT2D eigenvalue weighted by molar-refractivity contribution is 0.102. The predicted molar refractivity (Wildman–Crippen MR) is 116 cm³/mol. The molecular formula is C23H18ClN3O3. The van der Waals surface area contributed by atoms with Gasteiger partial charge in [-0.2, -0.15) is 0 Å². The fourth-order valence-electron chi connectivity index (χ4n) is 3.02. The average Bonchev–Trinajstić information content (AvgIpc) is 2.74. The molecule has 0 bridgehead atoms. The van der Waals surface area contributed by atoms with Gasteiger partial charge in [0.25, 0.3) is 11.5 Å². The molecule has 0 fully saturated rings. The van der Waals surface area contributed by atoms with Crippen LogP contribution < -0.4 is 15.6 Å². The Bertz CT molecular complexity index is 1280. The van der Waals surface area contributed by atoms with Crippen LogP contribution in [0.2, 0.25) is 5.02 Å². The first-order valence-electron chi connectivity index (χ1n) is 9.27. The standard InChI is InChI=1S/C23H18ClN3O3/c1-15-4-2-3-5-20(15)23(29)26-17-7-9-19(10-8-17)30-14-18-12-22(28)27-13-16(24)6-11-21(27)25-18/h2-13H,14H2,1H3,(H,26,29). The van der Waals surface area contributed by atoms with Crippen molar-refractivity contribution >= 4 is 28.8 Å². The van der Waals surface area contributed by atoms with Gasteiger partial charge in [-0.1, -0.05) is 29.8 Å². The molecule has 7 heteroatoms. The quantitative estimate of drug-likeness (QED) is 0.517. The number of nitrogens with one attached hydrogen (secondary N) is 1. The molecule has 1 N–H and O–H groups in total. The van der Waals surface area contributed by atoms with E-state index in [0.29, 0.717) is 33.4 Å². The summed E-state index contributed by atoms with van der Waals surface area (Å²) < 4.78 is 7.12. The molecule has 0 saturated heterocycles. The van der Waals surface area contributed by atoms with Gasteiger partial charge in [0.2, 0.25) is 0 Å². The van der Waals surface area contributed by atoms with E-state index < -0.39 is 0 Å². The fourth-order valence-corrected chi connectivity index (χ4v) is 3.18. The lowest BCUT2D eigenvalue weighted by Gasteiger charge is -2.10. The van der Waals surface area contributed by atoms with Gasteiger partial charge in [0.1, 0.15) is 18.0 Å². The van der Waals surface area contributed by atoms with Crippen LogP contribution in [0.25, 0.3) is 5.65 Å². The van der Waals surface area contributed by atoms with Crippen LogP contribution in [0.3, 0.4) is 0 Å². The summed E-state index contributed by atoms with van der Waals surface area (Å²) in [6.07, 6.45) is 1.53. The first-order chi connectivity index (χ1) is 14.5. The highest BCUT2D eigenvalue weighted by Gasteiger charge is 2.09. The fraction of sp³-hybridized carbons (Fsp3) is 0.0870. The number of fused-ring (bicyclic) bond motifs is 1. The van der Waals surface area contributed by atoms with Crippen molar-refractivity contribution in [3.63, 3.8) is 0 Å². The zero-order valence-corrected chi connectivity index (χ0v) is 16.9. The molecule has 4 aromatic rings. The summed E-state index contributed by atoms with van der Waals surface area (Å²) in [6.45, 7) is 2.04. The van der Waals surface area contributed by atoms with E-state index in [4.69, 9.17) is 16.3 Å². The molecule has 4 rings (SSSR count). The normalized spacial score (nSPS) is 10.7. The smallest absolute Gasteiger partial charge is 0.258 e. The number of aryl methyl sites for hydroxylation is 1. The van der Waals surface area contributed by atoms with Gasteiger partial charge < -0.3 is 10.1 Å². The predicted octanol–water partition coefficient (Wildman–Crippen LogP) is 4.49. The van der Waals surface area contributed by atoms with Gasteiger partial charge in [0.05, 0.1) is 10.7 Å². The highest BCUT2D eigenvalue weighted by atomic mass is 35.5. The van der Waals surface area contributed by atoms with Crippen LogP contribution in [0.5, 0.6) is 5.75 Å². The summed E-state index contributed by atoms with van der Waals surface area (Å²) in [5.74, 6) is 0.435. The van der Waals surface area contributed by atoms with Crippen molar-refractivity contribution in [1.82, 2.24) is 9.38 Å². The maximum absolute atomic E-state index is 12.4. The van der Waals surface area contributed by atoms with Gasteiger partial charge in [0.15, 0.2) is 0 Å². The molecule has 0 aliphatic rings. The van der Waals surface area contributed by atoms with Crippen molar-refractivity contribution < 1.29 is 9.53 Å². The lowest BCUT2D eigenvalue weighted by Crippen LogP contribution is -2.16. The molecule has 150 valence electrons. The maximum atomic E-state index is 12.4. The highest BCUT2D eigenvalue weighted by Crippen LogP contribution is 2.18. The minimum absolute atomic E-state index is 0.142. The molecule has 0 saturated carbocycles. The third kappa shape index (κ3) is 4.34. The first kappa shape index (κ1) is 19.7. The molecule has 2 aromatic carbocycles. The number of nitrogens with zero attached hydrogens (tertiary/aromatic N) is 2. The highest BCUT2D eigenvalue weighted by molar-refractivity contribution is 6.30. The number of benzene rings is 2. The Morgan fingerprint density at radius 1 is 1.10 bits per heavy atom. The number of hydrogen-bond acceptors (Lipinski definition) is 4. The van der Waals surface area contributed by atoms with Crippen LogP contribution in [-0.4, -0.2) is 15.3 Å². The lowest BCUT2D eigenvalue weighted by atomic mass is 10.1. The Hall–Kier alpha value is -3.64. The number of halogens is 1. The number of hydrogen-bond donors (Lipinski definition) is 1. The minimum Gasteiger partial charge on any atom is -0.487 e. The number of carbonyl (C=O) groups excluding carboxylic acids is 1. The van der Waals surface area contributed by atoms with Crippen molar-refractivity contribution in [2.75, 3.05) is 5.32 Å². The van der Waals surface area contributed by atoms with Gasteiger partial charge >= 0.3 is 0 Å². The van der Waals surface area contributed by atoms with Crippen molar-refractivity contribution in [3.05, 3.63) is 105 Å².